The molecule has 0 amide bonds. The molecule has 22 heavy (non-hydrogen) atoms. The van der Waals surface area contributed by atoms with Crippen LogP contribution in [0.3, 0.4) is 0 Å². The van der Waals surface area contributed by atoms with E-state index in [0.29, 0.717) is 6.61 Å². The van der Waals surface area contributed by atoms with Gasteiger partial charge in [0.15, 0.2) is 0 Å². The van der Waals surface area contributed by atoms with E-state index in [4.69, 9.17) is 9.47 Å². The third-order valence-corrected chi connectivity index (χ3v) is 3.48. The Balaban J connectivity index is 1.67. The molecule has 3 aromatic rings. The van der Waals surface area contributed by atoms with Gasteiger partial charge in [0.1, 0.15) is 23.9 Å². The van der Waals surface area contributed by atoms with E-state index in [1.165, 1.54) is 0 Å². The molecule has 0 unspecified atom stereocenters. The second-order valence-corrected chi connectivity index (χ2v) is 5.37. The molecule has 0 atom stereocenters. The maximum absolute atomic E-state index is 5.80. The Labute approximate surface area is 134 Å². The van der Waals surface area contributed by atoms with Crippen molar-refractivity contribution in [3.63, 3.8) is 0 Å². The smallest absolute Gasteiger partial charge is 0.131 e. The lowest BCUT2D eigenvalue weighted by molar-refractivity contribution is 0.295. The number of ether oxygens (including phenoxy) is 2. The minimum Gasteiger partial charge on any atom is -0.487 e. The minimum atomic E-state index is 0.467. The molecule has 0 aliphatic rings. The van der Waals surface area contributed by atoms with Gasteiger partial charge in [-0.05, 0) is 36.4 Å². The Bertz CT molecular complexity index is 753. The van der Waals surface area contributed by atoms with Gasteiger partial charge < -0.3 is 14.0 Å². The van der Waals surface area contributed by atoms with Crippen LogP contribution in [-0.4, -0.2) is 9.55 Å². The minimum absolute atomic E-state index is 0.467. The van der Waals surface area contributed by atoms with Crippen molar-refractivity contribution in [3.05, 3.63) is 66.7 Å². The summed E-state index contributed by atoms with van der Waals surface area (Å²) < 4.78 is 13.5. The first kappa shape index (κ1) is 14.5. The van der Waals surface area contributed by atoms with Crippen molar-refractivity contribution < 1.29 is 9.47 Å². The number of hydrogen-bond donors (Lipinski definition) is 1. The number of rotatable bonds is 5. The van der Waals surface area contributed by atoms with Crippen LogP contribution in [0.5, 0.6) is 17.2 Å². The van der Waals surface area contributed by atoms with Crippen LogP contribution in [0.25, 0.3) is 0 Å². The highest BCUT2D eigenvalue weighted by atomic mass is 32.1. The Hall–Kier alpha value is -2.40. The molecule has 0 radical (unpaired) electrons. The van der Waals surface area contributed by atoms with E-state index >= 15 is 0 Å². The topological polar surface area (TPSA) is 36.3 Å². The number of nitrogens with zero attached hydrogens (tertiary/aromatic N) is 2. The van der Waals surface area contributed by atoms with Crippen molar-refractivity contribution in [3.8, 4) is 17.2 Å². The van der Waals surface area contributed by atoms with Gasteiger partial charge in [-0.1, -0.05) is 6.07 Å². The molecule has 0 fully saturated rings. The number of aromatic nitrogens is 2. The maximum atomic E-state index is 5.80. The summed E-state index contributed by atoms with van der Waals surface area (Å²) in [6.45, 7) is 0.467. The lowest BCUT2D eigenvalue weighted by atomic mass is 10.3. The van der Waals surface area contributed by atoms with E-state index in [2.05, 4.69) is 17.6 Å². The normalized spacial score (nSPS) is 10.5. The Morgan fingerprint density at radius 1 is 1.05 bits per heavy atom. The number of benzene rings is 2. The SMILES string of the molecule is Cn1cncc1COc1cccc(Oc2ccc(S)cc2)c1. The summed E-state index contributed by atoms with van der Waals surface area (Å²) >= 11 is 4.26. The first-order valence-corrected chi connectivity index (χ1v) is 7.30. The van der Waals surface area contributed by atoms with Crippen LogP contribution in [0, 0.1) is 0 Å². The molecule has 1 heterocycles. The zero-order chi connectivity index (χ0) is 15.4. The number of hydrogen-bond acceptors (Lipinski definition) is 4. The molecule has 3 rings (SSSR count). The van der Waals surface area contributed by atoms with Crippen molar-refractivity contribution in [2.75, 3.05) is 0 Å². The summed E-state index contributed by atoms with van der Waals surface area (Å²) in [5.74, 6) is 2.25. The molecule has 4 nitrogen and oxygen atoms in total. The molecule has 2 aromatic carbocycles. The van der Waals surface area contributed by atoms with Crippen molar-refractivity contribution in [2.45, 2.75) is 11.5 Å². The zero-order valence-electron chi connectivity index (χ0n) is 12.1. The number of imidazole rings is 1. The van der Waals surface area contributed by atoms with Gasteiger partial charge in [0.2, 0.25) is 0 Å². The summed E-state index contributed by atoms with van der Waals surface area (Å²) in [6.07, 6.45) is 3.54. The molecular formula is C17H16N2O2S. The van der Waals surface area contributed by atoms with Crippen LogP contribution >= 0.6 is 12.6 Å². The quantitative estimate of drug-likeness (QED) is 0.721. The van der Waals surface area contributed by atoms with Gasteiger partial charge in [-0.15, -0.1) is 12.6 Å². The molecule has 0 saturated carbocycles. The first-order valence-electron chi connectivity index (χ1n) is 6.86. The average Bonchev–Trinajstić information content (AvgIpc) is 2.93. The second-order valence-electron chi connectivity index (χ2n) is 4.86. The van der Waals surface area contributed by atoms with Gasteiger partial charge in [0, 0.05) is 18.0 Å². The fourth-order valence-electron chi connectivity index (χ4n) is 1.96. The highest BCUT2D eigenvalue weighted by molar-refractivity contribution is 7.80. The van der Waals surface area contributed by atoms with Crippen molar-refractivity contribution in [1.82, 2.24) is 9.55 Å². The third kappa shape index (κ3) is 3.62. The summed E-state index contributed by atoms with van der Waals surface area (Å²) in [5, 5.41) is 0. The molecule has 0 saturated heterocycles. The van der Waals surface area contributed by atoms with Gasteiger partial charge in [-0.3, -0.25) is 0 Å². The fraction of sp³-hybridized carbons (Fsp3) is 0.118. The van der Waals surface area contributed by atoms with E-state index in [1.807, 2.05) is 60.1 Å². The van der Waals surface area contributed by atoms with Gasteiger partial charge in [-0.25, -0.2) is 4.98 Å². The van der Waals surface area contributed by atoms with Crippen molar-refractivity contribution in [2.24, 2.45) is 7.05 Å². The van der Waals surface area contributed by atoms with Crippen molar-refractivity contribution in [1.29, 1.82) is 0 Å². The van der Waals surface area contributed by atoms with E-state index in [9.17, 15) is 0 Å². The average molecular weight is 312 g/mol. The fourth-order valence-corrected chi connectivity index (χ4v) is 2.11. The van der Waals surface area contributed by atoms with Crippen LogP contribution in [-0.2, 0) is 13.7 Å². The third-order valence-electron chi connectivity index (χ3n) is 3.18. The Morgan fingerprint density at radius 3 is 2.55 bits per heavy atom. The largest absolute Gasteiger partial charge is 0.487 e. The molecule has 5 heteroatoms. The lowest BCUT2D eigenvalue weighted by Gasteiger charge is -2.09. The molecule has 1 aromatic heterocycles. The summed E-state index contributed by atoms with van der Waals surface area (Å²) in [7, 11) is 1.94. The molecular weight excluding hydrogens is 296 g/mol. The predicted molar refractivity (Wildman–Crippen MR) is 87.8 cm³/mol. The second kappa shape index (κ2) is 6.58. The predicted octanol–water partition coefficient (Wildman–Crippen LogP) is 4.08. The number of aryl methyl sites for hydroxylation is 1. The van der Waals surface area contributed by atoms with Gasteiger partial charge in [-0.2, -0.15) is 0 Å². The maximum Gasteiger partial charge on any atom is 0.131 e. The summed E-state index contributed by atoms with van der Waals surface area (Å²) in [6, 6.07) is 15.1. The van der Waals surface area contributed by atoms with Gasteiger partial charge in [0.05, 0.1) is 18.2 Å². The lowest BCUT2D eigenvalue weighted by Crippen LogP contribution is -2.01. The summed E-state index contributed by atoms with van der Waals surface area (Å²) in [4.78, 5) is 4.97. The van der Waals surface area contributed by atoms with Crippen LogP contribution in [0.15, 0.2) is 66.0 Å². The standard InChI is InChI=1S/C17H16N2O2S/c1-19-12-18-10-13(19)11-20-15-3-2-4-16(9-15)21-14-5-7-17(22)8-6-14/h2-10,12,22H,11H2,1H3. The number of thiol groups is 1. The molecule has 0 bridgehead atoms. The molecule has 0 aliphatic heterocycles. The van der Waals surface area contributed by atoms with E-state index < -0.39 is 0 Å². The Morgan fingerprint density at radius 2 is 1.82 bits per heavy atom. The van der Waals surface area contributed by atoms with Crippen LogP contribution in [0.1, 0.15) is 5.69 Å². The van der Waals surface area contributed by atoms with Gasteiger partial charge >= 0.3 is 0 Å². The zero-order valence-corrected chi connectivity index (χ0v) is 13.0. The monoisotopic (exact) mass is 312 g/mol. The van der Waals surface area contributed by atoms with Crippen LogP contribution in [0.2, 0.25) is 0 Å². The van der Waals surface area contributed by atoms with Crippen LogP contribution in [0.4, 0.5) is 0 Å². The molecule has 0 aliphatic carbocycles. The van der Waals surface area contributed by atoms with Crippen molar-refractivity contribution >= 4 is 12.6 Å². The molecule has 112 valence electrons. The van der Waals surface area contributed by atoms with Crippen LogP contribution < -0.4 is 9.47 Å². The summed E-state index contributed by atoms with van der Waals surface area (Å²) in [5.41, 5.74) is 1.01. The van der Waals surface area contributed by atoms with E-state index in [0.717, 1.165) is 27.8 Å². The van der Waals surface area contributed by atoms with Gasteiger partial charge in [0.25, 0.3) is 0 Å². The highest BCUT2D eigenvalue weighted by Crippen LogP contribution is 2.26. The van der Waals surface area contributed by atoms with E-state index in [1.54, 1.807) is 12.5 Å². The van der Waals surface area contributed by atoms with E-state index in [-0.39, 0.29) is 0 Å². The molecule has 0 N–H and O–H groups in total. The Kier molecular flexibility index (Phi) is 4.34. The first-order chi connectivity index (χ1) is 10.7. The highest BCUT2D eigenvalue weighted by Gasteiger charge is 2.03. The molecule has 0 spiro atoms.